The molecule has 0 saturated heterocycles. The van der Waals surface area contributed by atoms with Crippen LogP contribution >= 0.6 is 0 Å². The van der Waals surface area contributed by atoms with Gasteiger partial charge in [0.2, 0.25) is 23.6 Å². The Morgan fingerprint density at radius 2 is 1.49 bits per heavy atom. The lowest BCUT2D eigenvalue weighted by Gasteiger charge is -2.22. The van der Waals surface area contributed by atoms with Crippen molar-refractivity contribution in [2.45, 2.75) is 63.6 Å². The Labute approximate surface area is 274 Å². The average Bonchev–Trinajstić information content (AvgIpc) is 3.49. The fourth-order valence-corrected chi connectivity index (χ4v) is 5.30. The van der Waals surface area contributed by atoms with E-state index in [-0.39, 0.29) is 31.0 Å². The Bertz CT molecular complexity index is 1620. The fraction of sp³-hybridized carbons (Fsp3) is 0.333. The minimum absolute atomic E-state index is 0.111. The van der Waals surface area contributed by atoms with E-state index in [1.165, 1.54) is 12.1 Å². The van der Waals surface area contributed by atoms with Crippen LogP contribution in [-0.2, 0) is 38.4 Å². The van der Waals surface area contributed by atoms with Crippen molar-refractivity contribution in [2.75, 3.05) is 13.1 Å². The van der Waals surface area contributed by atoms with Crippen molar-refractivity contribution in [3.63, 3.8) is 0 Å². The second-order valence-corrected chi connectivity index (χ2v) is 11.6. The van der Waals surface area contributed by atoms with Gasteiger partial charge in [0.15, 0.2) is 0 Å². The number of unbranched alkanes of at least 4 members (excludes halogenated alkanes) is 1. The number of carbonyl (C=O) groups excluding carboxylic acids is 4. The molecule has 0 aliphatic rings. The minimum atomic E-state index is -0.912. The van der Waals surface area contributed by atoms with Crippen LogP contribution in [0, 0.1) is 0 Å². The molecule has 11 heteroatoms. The van der Waals surface area contributed by atoms with Crippen LogP contribution in [0.3, 0.4) is 0 Å². The van der Waals surface area contributed by atoms with Gasteiger partial charge >= 0.3 is 0 Å². The molecule has 8 N–H and O–H groups in total. The van der Waals surface area contributed by atoms with Crippen LogP contribution in [0.1, 0.15) is 42.9 Å². The molecule has 1 aromatic heterocycles. The second-order valence-electron chi connectivity index (χ2n) is 11.6. The summed E-state index contributed by atoms with van der Waals surface area (Å²) >= 11 is 0. The Kier molecular flexibility index (Phi) is 12.9. The maximum absolute atomic E-state index is 13.3. The summed E-state index contributed by atoms with van der Waals surface area (Å²) in [5.41, 5.74) is 9.76. The number of phenolic OH excluding ortho intramolecular Hbond substituents is 1. The maximum Gasteiger partial charge on any atom is 0.243 e. The minimum Gasteiger partial charge on any atom is -0.508 e. The maximum atomic E-state index is 13.3. The van der Waals surface area contributed by atoms with Crippen LogP contribution in [0.15, 0.2) is 85.1 Å². The average molecular weight is 641 g/mol. The largest absolute Gasteiger partial charge is 0.508 e. The highest BCUT2D eigenvalue weighted by molar-refractivity contribution is 5.93. The third kappa shape index (κ3) is 10.7. The zero-order valence-electron chi connectivity index (χ0n) is 26.6. The molecule has 0 aliphatic heterocycles. The predicted octanol–water partition coefficient (Wildman–Crippen LogP) is 2.62. The molecular weight excluding hydrogens is 596 g/mol. The zero-order valence-corrected chi connectivity index (χ0v) is 26.6. The number of hydrogen-bond acceptors (Lipinski definition) is 6. The molecule has 248 valence electrons. The number of amides is 4. The van der Waals surface area contributed by atoms with E-state index in [4.69, 9.17) is 5.73 Å². The summed E-state index contributed by atoms with van der Waals surface area (Å²) in [6.45, 7) is 1.99. The highest BCUT2D eigenvalue weighted by Crippen LogP contribution is 2.19. The summed E-state index contributed by atoms with van der Waals surface area (Å²) in [5, 5.41) is 21.5. The number of aromatic amines is 1. The first-order chi connectivity index (χ1) is 22.7. The molecular formula is C36H44N6O5. The molecule has 4 aromatic rings. The topological polar surface area (TPSA) is 178 Å². The van der Waals surface area contributed by atoms with Crippen molar-refractivity contribution in [2.24, 2.45) is 5.73 Å². The van der Waals surface area contributed by atoms with E-state index >= 15 is 0 Å². The molecule has 11 nitrogen and oxygen atoms in total. The van der Waals surface area contributed by atoms with Gasteiger partial charge in [-0.1, -0.05) is 80.4 Å². The number of benzene rings is 3. The second kappa shape index (κ2) is 17.5. The summed E-state index contributed by atoms with van der Waals surface area (Å²) in [7, 11) is 0. The van der Waals surface area contributed by atoms with Gasteiger partial charge in [0, 0.05) is 30.1 Å². The molecule has 0 saturated carbocycles. The number of para-hydroxylation sites is 1. The normalized spacial score (nSPS) is 12.9. The summed E-state index contributed by atoms with van der Waals surface area (Å²) in [6.07, 6.45) is 4.78. The molecule has 47 heavy (non-hydrogen) atoms. The number of carbonyl (C=O) groups is 4. The molecule has 0 aliphatic carbocycles. The van der Waals surface area contributed by atoms with Crippen molar-refractivity contribution in [1.29, 1.82) is 0 Å². The monoisotopic (exact) mass is 640 g/mol. The first kappa shape index (κ1) is 34.7. The summed E-state index contributed by atoms with van der Waals surface area (Å²) in [4.78, 5) is 55.7. The zero-order chi connectivity index (χ0) is 33.6. The first-order valence-corrected chi connectivity index (χ1v) is 16.0. The number of nitrogens with one attached hydrogen (secondary N) is 5. The number of phenols is 1. The van der Waals surface area contributed by atoms with Gasteiger partial charge < -0.3 is 37.1 Å². The molecule has 0 unspecified atom stereocenters. The van der Waals surface area contributed by atoms with Crippen molar-refractivity contribution in [3.05, 3.63) is 102 Å². The number of aromatic nitrogens is 1. The van der Waals surface area contributed by atoms with E-state index in [1.807, 2.05) is 67.7 Å². The van der Waals surface area contributed by atoms with Crippen LogP contribution in [0.4, 0.5) is 0 Å². The van der Waals surface area contributed by atoms with Crippen LogP contribution in [0.5, 0.6) is 5.75 Å². The van der Waals surface area contributed by atoms with Gasteiger partial charge in [-0.05, 0) is 54.2 Å². The number of rotatable bonds is 17. The van der Waals surface area contributed by atoms with Crippen molar-refractivity contribution < 1.29 is 24.3 Å². The molecule has 1 heterocycles. The van der Waals surface area contributed by atoms with Gasteiger partial charge in [0.1, 0.15) is 17.8 Å². The SMILES string of the molecule is CCCC[C@H](NC(=O)[C@@H](N)Cc1ccc(O)cc1)C(=O)NCC(=O)N[C@H](Cc1c[nH]c2ccccc12)C(=O)NCCc1ccccc1. The molecule has 3 aromatic carbocycles. The fourth-order valence-electron chi connectivity index (χ4n) is 5.30. The predicted molar refractivity (Wildman–Crippen MR) is 181 cm³/mol. The Balaban J connectivity index is 1.35. The van der Waals surface area contributed by atoms with E-state index in [0.717, 1.165) is 34.0 Å². The van der Waals surface area contributed by atoms with Crippen molar-refractivity contribution in [3.8, 4) is 5.75 Å². The lowest BCUT2D eigenvalue weighted by molar-refractivity contribution is -0.132. The highest BCUT2D eigenvalue weighted by atomic mass is 16.3. The van der Waals surface area contributed by atoms with Gasteiger partial charge in [-0.3, -0.25) is 19.2 Å². The van der Waals surface area contributed by atoms with Crippen molar-refractivity contribution >= 4 is 34.5 Å². The lowest BCUT2D eigenvalue weighted by atomic mass is 10.0. The molecule has 4 rings (SSSR count). The number of H-pyrrole nitrogens is 1. The van der Waals surface area contributed by atoms with E-state index in [9.17, 15) is 24.3 Å². The molecule has 0 bridgehead atoms. The smallest absolute Gasteiger partial charge is 0.243 e. The van der Waals surface area contributed by atoms with Crippen LogP contribution < -0.4 is 27.0 Å². The van der Waals surface area contributed by atoms with E-state index in [0.29, 0.717) is 25.8 Å². The van der Waals surface area contributed by atoms with Crippen molar-refractivity contribution in [1.82, 2.24) is 26.3 Å². The van der Waals surface area contributed by atoms with Gasteiger partial charge in [0.25, 0.3) is 0 Å². The molecule has 0 spiro atoms. The Hall–Kier alpha value is -5.16. The van der Waals surface area contributed by atoms with Gasteiger partial charge in [-0.15, -0.1) is 0 Å². The molecule has 0 radical (unpaired) electrons. The number of hydrogen-bond donors (Lipinski definition) is 7. The molecule has 3 atom stereocenters. The molecule has 4 amide bonds. The molecule has 0 fully saturated rings. The Morgan fingerprint density at radius 3 is 2.23 bits per heavy atom. The Morgan fingerprint density at radius 1 is 0.787 bits per heavy atom. The van der Waals surface area contributed by atoms with E-state index in [2.05, 4.69) is 26.3 Å². The number of nitrogens with two attached hydrogens (primary N) is 1. The van der Waals surface area contributed by atoms with Gasteiger partial charge in [-0.25, -0.2) is 0 Å². The quantitative estimate of drug-likeness (QED) is 0.0933. The van der Waals surface area contributed by atoms with Gasteiger partial charge in [-0.2, -0.15) is 0 Å². The van der Waals surface area contributed by atoms with Crippen LogP contribution in [0.2, 0.25) is 0 Å². The van der Waals surface area contributed by atoms with Crippen LogP contribution in [-0.4, -0.2) is 64.9 Å². The third-order valence-corrected chi connectivity index (χ3v) is 7.94. The van der Waals surface area contributed by atoms with E-state index in [1.54, 1.807) is 12.1 Å². The summed E-state index contributed by atoms with van der Waals surface area (Å²) in [5.74, 6) is -1.77. The summed E-state index contributed by atoms with van der Waals surface area (Å²) in [6, 6.07) is 21.2. The standard InChI is InChI=1S/C36H44N6O5/c1-2-3-12-31(42-34(45)29(37)20-25-14-16-27(43)17-15-25)35(46)40-23-33(44)41-32(21-26-22-39-30-13-8-7-11-28(26)30)36(47)38-19-18-24-9-5-4-6-10-24/h4-11,13-17,22,29,31-32,39,43H,2-3,12,18-21,23,37H2,1H3,(H,38,47)(H,40,46)(H,41,44)(H,42,45)/t29-,31-,32+/m0/s1. The first-order valence-electron chi connectivity index (χ1n) is 16.0. The number of aromatic hydroxyl groups is 1. The number of fused-ring (bicyclic) bond motifs is 1. The highest BCUT2D eigenvalue weighted by Gasteiger charge is 2.26. The van der Waals surface area contributed by atoms with E-state index < -0.39 is 35.8 Å². The lowest BCUT2D eigenvalue weighted by Crippen LogP contribution is -2.54. The van der Waals surface area contributed by atoms with Crippen LogP contribution in [0.25, 0.3) is 10.9 Å². The third-order valence-electron chi connectivity index (χ3n) is 7.94. The van der Waals surface area contributed by atoms with Gasteiger partial charge in [0.05, 0.1) is 12.6 Å². The summed E-state index contributed by atoms with van der Waals surface area (Å²) < 4.78 is 0.